The number of carbonyl (C=O) groups is 1. The Morgan fingerprint density at radius 2 is 1.71 bits per heavy atom. The molecule has 0 saturated heterocycles. The van der Waals surface area contributed by atoms with E-state index in [-0.39, 0.29) is 5.97 Å². The van der Waals surface area contributed by atoms with Gasteiger partial charge in [-0.3, -0.25) is 4.79 Å². The number of unbranched alkanes of at least 4 members (excludes halogenated alkanes) is 5. The van der Waals surface area contributed by atoms with Crippen molar-refractivity contribution in [3.05, 3.63) is 0 Å². The van der Waals surface area contributed by atoms with E-state index in [9.17, 15) is 4.79 Å². The second-order valence-electron chi connectivity index (χ2n) is 5.27. The second-order valence-corrected chi connectivity index (χ2v) is 5.27. The van der Waals surface area contributed by atoms with Gasteiger partial charge in [0.2, 0.25) is 0 Å². The molecule has 0 aromatic heterocycles. The smallest absolute Gasteiger partial charge is 0.305 e. The van der Waals surface area contributed by atoms with Gasteiger partial charge in [0.25, 0.3) is 0 Å². The van der Waals surface area contributed by atoms with Gasteiger partial charge in [-0.25, -0.2) is 0 Å². The molecule has 0 saturated carbocycles. The highest BCUT2D eigenvalue weighted by atomic mass is 16.5. The molecule has 0 spiro atoms. The largest absolute Gasteiger partial charge is 0.466 e. The van der Waals surface area contributed by atoms with Gasteiger partial charge in [0.1, 0.15) is 0 Å². The summed E-state index contributed by atoms with van der Waals surface area (Å²) in [6, 6.07) is 0. The van der Waals surface area contributed by atoms with Gasteiger partial charge in [-0.15, -0.1) is 0 Å². The quantitative estimate of drug-likeness (QED) is 0.387. The van der Waals surface area contributed by atoms with Gasteiger partial charge in [-0.2, -0.15) is 0 Å². The van der Waals surface area contributed by atoms with E-state index in [2.05, 4.69) is 20.8 Å². The molecule has 2 heteroatoms. The molecule has 102 valence electrons. The number of hydrogen-bond donors (Lipinski definition) is 0. The Kier molecular flexibility index (Phi) is 11.6. The molecule has 0 amide bonds. The molecule has 0 rings (SSSR count). The lowest BCUT2D eigenvalue weighted by atomic mass is 10.0. The predicted octanol–water partition coefficient (Wildman–Crippen LogP) is 4.72. The molecule has 0 aromatic carbocycles. The van der Waals surface area contributed by atoms with Crippen LogP contribution in [0.5, 0.6) is 0 Å². The maximum atomic E-state index is 11.4. The summed E-state index contributed by atoms with van der Waals surface area (Å²) in [5, 5.41) is 0. The fourth-order valence-corrected chi connectivity index (χ4v) is 1.79. The van der Waals surface area contributed by atoms with Gasteiger partial charge in [0, 0.05) is 6.42 Å². The molecule has 0 aromatic rings. The molecule has 0 aliphatic rings. The highest BCUT2D eigenvalue weighted by molar-refractivity contribution is 5.69. The molecule has 0 unspecified atom stereocenters. The van der Waals surface area contributed by atoms with Crippen LogP contribution < -0.4 is 0 Å². The Labute approximate surface area is 107 Å². The molecule has 0 bridgehead atoms. The van der Waals surface area contributed by atoms with Crippen LogP contribution in [0.25, 0.3) is 0 Å². The molecule has 0 radical (unpaired) electrons. The second kappa shape index (κ2) is 11.9. The summed E-state index contributed by atoms with van der Waals surface area (Å²) >= 11 is 0. The van der Waals surface area contributed by atoms with E-state index in [1.54, 1.807) is 0 Å². The van der Waals surface area contributed by atoms with Crippen molar-refractivity contribution in [2.24, 2.45) is 5.92 Å². The monoisotopic (exact) mass is 242 g/mol. The van der Waals surface area contributed by atoms with Gasteiger partial charge in [-0.1, -0.05) is 59.3 Å². The Morgan fingerprint density at radius 3 is 2.35 bits per heavy atom. The summed E-state index contributed by atoms with van der Waals surface area (Å²) in [5.74, 6) is 0.770. The Balaban J connectivity index is 3.18. The summed E-state index contributed by atoms with van der Waals surface area (Å²) < 4.78 is 5.18. The van der Waals surface area contributed by atoms with Gasteiger partial charge in [0.05, 0.1) is 6.61 Å². The third kappa shape index (κ3) is 13.4. The van der Waals surface area contributed by atoms with Gasteiger partial charge >= 0.3 is 5.97 Å². The van der Waals surface area contributed by atoms with Crippen molar-refractivity contribution in [1.82, 2.24) is 0 Å². The van der Waals surface area contributed by atoms with Crippen LogP contribution in [0, 0.1) is 5.92 Å². The molecule has 17 heavy (non-hydrogen) atoms. The fourth-order valence-electron chi connectivity index (χ4n) is 1.79. The van der Waals surface area contributed by atoms with E-state index in [1.807, 2.05) is 0 Å². The van der Waals surface area contributed by atoms with Crippen molar-refractivity contribution in [2.75, 3.05) is 6.61 Å². The Morgan fingerprint density at radius 1 is 1.00 bits per heavy atom. The molecule has 0 aliphatic carbocycles. The van der Waals surface area contributed by atoms with Crippen molar-refractivity contribution in [1.29, 1.82) is 0 Å². The van der Waals surface area contributed by atoms with Crippen LogP contribution in [-0.4, -0.2) is 12.6 Å². The lowest BCUT2D eigenvalue weighted by Crippen LogP contribution is -2.05. The predicted molar refractivity (Wildman–Crippen MR) is 73.0 cm³/mol. The number of rotatable bonds is 11. The zero-order chi connectivity index (χ0) is 12.9. The Hall–Kier alpha value is -0.530. The summed E-state index contributed by atoms with van der Waals surface area (Å²) in [5.41, 5.74) is 0. The zero-order valence-electron chi connectivity index (χ0n) is 12.0. The van der Waals surface area contributed by atoms with Crippen LogP contribution in [0.1, 0.15) is 78.6 Å². The van der Waals surface area contributed by atoms with E-state index in [1.165, 1.54) is 32.1 Å². The standard InChI is InChI=1S/C15H30O2/c1-4-5-6-10-13-17-15(16)12-9-7-8-11-14(2)3/h14H,4-13H2,1-3H3. The first-order valence-corrected chi connectivity index (χ1v) is 7.32. The topological polar surface area (TPSA) is 26.3 Å². The van der Waals surface area contributed by atoms with Crippen LogP contribution >= 0.6 is 0 Å². The summed E-state index contributed by atoms with van der Waals surface area (Å²) in [6.07, 6.45) is 9.92. The summed E-state index contributed by atoms with van der Waals surface area (Å²) in [7, 11) is 0. The highest BCUT2D eigenvalue weighted by Gasteiger charge is 2.02. The van der Waals surface area contributed by atoms with Crippen molar-refractivity contribution in [2.45, 2.75) is 78.6 Å². The van der Waals surface area contributed by atoms with Crippen LogP contribution in [-0.2, 0) is 9.53 Å². The van der Waals surface area contributed by atoms with Crippen molar-refractivity contribution in [3.63, 3.8) is 0 Å². The third-order valence-corrected chi connectivity index (χ3v) is 2.92. The normalized spacial score (nSPS) is 10.8. The van der Waals surface area contributed by atoms with Gasteiger partial charge in [0.15, 0.2) is 0 Å². The number of hydrogen-bond acceptors (Lipinski definition) is 2. The van der Waals surface area contributed by atoms with Crippen LogP contribution in [0.4, 0.5) is 0 Å². The maximum Gasteiger partial charge on any atom is 0.305 e. The van der Waals surface area contributed by atoms with Crippen LogP contribution in [0.3, 0.4) is 0 Å². The van der Waals surface area contributed by atoms with E-state index in [4.69, 9.17) is 4.74 Å². The molecular weight excluding hydrogens is 212 g/mol. The first-order chi connectivity index (χ1) is 8.16. The fraction of sp³-hybridized carbons (Fsp3) is 0.933. The van der Waals surface area contributed by atoms with Crippen LogP contribution in [0.15, 0.2) is 0 Å². The van der Waals surface area contributed by atoms with Gasteiger partial charge < -0.3 is 4.74 Å². The van der Waals surface area contributed by atoms with E-state index in [0.717, 1.165) is 25.2 Å². The number of ether oxygens (including phenoxy) is 1. The number of carbonyl (C=O) groups excluding carboxylic acids is 1. The van der Waals surface area contributed by atoms with Crippen molar-refractivity contribution < 1.29 is 9.53 Å². The lowest BCUT2D eigenvalue weighted by Gasteiger charge is -2.05. The van der Waals surface area contributed by atoms with Crippen molar-refractivity contribution >= 4 is 5.97 Å². The van der Waals surface area contributed by atoms with Gasteiger partial charge in [-0.05, 0) is 18.8 Å². The molecular formula is C15H30O2. The van der Waals surface area contributed by atoms with Crippen LogP contribution in [0.2, 0.25) is 0 Å². The first kappa shape index (κ1) is 16.5. The summed E-state index contributed by atoms with van der Waals surface area (Å²) in [6.45, 7) is 7.28. The molecule has 0 aliphatic heterocycles. The minimum Gasteiger partial charge on any atom is -0.466 e. The minimum absolute atomic E-state index is 0.00829. The molecule has 0 atom stereocenters. The summed E-state index contributed by atoms with van der Waals surface area (Å²) in [4.78, 5) is 11.4. The maximum absolute atomic E-state index is 11.4. The average Bonchev–Trinajstić information content (AvgIpc) is 2.28. The average molecular weight is 242 g/mol. The SMILES string of the molecule is CCCCCCOC(=O)CCCCCC(C)C. The minimum atomic E-state index is -0.00829. The molecule has 0 N–H and O–H groups in total. The van der Waals surface area contributed by atoms with E-state index >= 15 is 0 Å². The Bertz CT molecular complexity index is 176. The molecule has 2 nitrogen and oxygen atoms in total. The first-order valence-electron chi connectivity index (χ1n) is 7.32. The molecule has 0 fully saturated rings. The lowest BCUT2D eigenvalue weighted by molar-refractivity contribution is -0.143. The number of esters is 1. The van der Waals surface area contributed by atoms with E-state index < -0.39 is 0 Å². The third-order valence-electron chi connectivity index (χ3n) is 2.92. The molecule has 0 heterocycles. The van der Waals surface area contributed by atoms with E-state index in [0.29, 0.717) is 13.0 Å². The highest BCUT2D eigenvalue weighted by Crippen LogP contribution is 2.10. The van der Waals surface area contributed by atoms with Crippen molar-refractivity contribution in [3.8, 4) is 0 Å². The zero-order valence-corrected chi connectivity index (χ0v) is 12.0.